The Morgan fingerprint density at radius 2 is 1.74 bits per heavy atom. The minimum atomic E-state index is -4.06. The number of anilines is 1. The first-order chi connectivity index (χ1) is 23.5. The Balaban J connectivity index is 1.42. The van der Waals surface area contributed by atoms with Crippen molar-refractivity contribution in [3.8, 4) is 11.5 Å². The molecular weight excluding hydrogens is 719 g/mol. The van der Waals surface area contributed by atoms with E-state index >= 15 is 0 Å². The summed E-state index contributed by atoms with van der Waals surface area (Å²) >= 11 is 12.8. The van der Waals surface area contributed by atoms with Crippen molar-refractivity contribution in [1.82, 2.24) is 9.55 Å². The number of hydrogen-bond acceptors (Lipinski definition) is 9. The highest BCUT2D eigenvalue weighted by atomic mass is 35.5. The van der Waals surface area contributed by atoms with E-state index in [2.05, 4.69) is 9.72 Å². The molecule has 1 atom stereocenters. The summed E-state index contributed by atoms with van der Waals surface area (Å²) in [6.07, 6.45) is 5.22. The number of aromatic nitrogens is 2. The summed E-state index contributed by atoms with van der Waals surface area (Å²) in [7, 11) is -4.06. The number of esters is 1. The van der Waals surface area contributed by atoms with Crippen molar-refractivity contribution in [2.75, 3.05) is 17.2 Å². The molecule has 50 heavy (non-hydrogen) atoms. The molecule has 2 heterocycles. The number of nitrogens with zero attached hydrogens (tertiary/aromatic N) is 3. The van der Waals surface area contributed by atoms with Crippen molar-refractivity contribution in [3.05, 3.63) is 82.2 Å². The fourth-order valence-electron chi connectivity index (χ4n) is 5.09. The quantitative estimate of drug-likeness (QED) is 0.125. The number of benzene rings is 2. The second-order valence-corrected chi connectivity index (χ2v) is 15.4. The molecule has 0 bridgehead atoms. The highest BCUT2D eigenvalue weighted by molar-refractivity contribution is 7.92. The van der Waals surface area contributed by atoms with Gasteiger partial charge in [0.25, 0.3) is 0 Å². The van der Waals surface area contributed by atoms with Crippen molar-refractivity contribution in [2.45, 2.75) is 64.9 Å². The van der Waals surface area contributed by atoms with Gasteiger partial charge in [0.2, 0.25) is 10.0 Å². The van der Waals surface area contributed by atoms with Crippen LogP contribution < -0.4 is 13.8 Å². The Bertz CT molecular complexity index is 1980. The number of pyridine rings is 1. The van der Waals surface area contributed by atoms with E-state index < -0.39 is 40.4 Å². The summed E-state index contributed by atoms with van der Waals surface area (Å²) in [6.45, 7) is 1.84. The molecule has 0 spiro atoms. The molecule has 1 aliphatic carbocycles. The van der Waals surface area contributed by atoms with Gasteiger partial charge < -0.3 is 23.5 Å². The maximum absolute atomic E-state index is 13.5. The second kappa shape index (κ2) is 15.0. The van der Waals surface area contributed by atoms with Gasteiger partial charge in [-0.2, -0.15) is 13.1 Å². The lowest BCUT2D eigenvalue weighted by Crippen LogP contribution is -2.40. The normalized spacial score (nSPS) is 14.0. The van der Waals surface area contributed by atoms with Gasteiger partial charge >= 0.3 is 18.7 Å². The smallest absolute Gasteiger partial charge is 0.428 e. The Hall–Kier alpha value is -4.14. The fourth-order valence-corrected chi connectivity index (χ4v) is 6.42. The van der Waals surface area contributed by atoms with Crippen molar-refractivity contribution >= 4 is 61.9 Å². The summed E-state index contributed by atoms with van der Waals surface area (Å²) in [4.78, 5) is 30.3. The predicted molar refractivity (Wildman–Crippen MR) is 184 cm³/mol. The zero-order valence-electron chi connectivity index (χ0n) is 27.6. The Kier molecular flexibility index (Phi) is 11.1. The molecule has 5 rings (SSSR count). The molecule has 0 saturated heterocycles. The third-order valence-corrected chi connectivity index (χ3v) is 9.20. The Morgan fingerprint density at radius 3 is 2.36 bits per heavy atom. The van der Waals surface area contributed by atoms with Gasteiger partial charge in [-0.15, -0.1) is 0 Å². The summed E-state index contributed by atoms with van der Waals surface area (Å²) in [5, 5.41) is 1.01. The number of ether oxygens (including phenoxy) is 4. The van der Waals surface area contributed by atoms with Crippen LogP contribution >= 0.6 is 23.2 Å². The molecule has 1 fully saturated rings. The number of hydrogen-bond donors (Lipinski definition) is 0. The van der Waals surface area contributed by atoms with Gasteiger partial charge in [0.15, 0.2) is 11.5 Å². The number of rotatable bonds is 13. The average molecular weight is 755 g/mol. The highest BCUT2D eigenvalue weighted by Gasteiger charge is 2.31. The van der Waals surface area contributed by atoms with Gasteiger partial charge in [0.1, 0.15) is 18.2 Å². The first-order valence-corrected chi connectivity index (χ1v) is 18.1. The summed E-state index contributed by atoms with van der Waals surface area (Å²) < 4.78 is 75.5. The number of halogens is 4. The first-order valence-electron chi connectivity index (χ1n) is 15.5. The molecule has 0 radical (unpaired) electrons. The van der Waals surface area contributed by atoms with Crippen LogP contribution in [0.5, 0.6) is 11.5 Å². The first kappa shape index (κ1) is 37.1. The number of carbonyl (C=O) groups excluding carboxylic acids is 2. The molecule has 11 nitrogen and oxygen atoms in total. The molecule has 1 aliphatic rings. The van der Waals surface area contributed by atoms with Crippen molar-refractivity contribution < 1.29 is 45.7 Å². The molecule has 16 heteroatoms. The third kappa shape index (κ3) is 9.55. The Labute approximate surface area is 298 Å². The summed E-state index contributed by atoms with van der Waals surface area (Å²) in [6, 6.07) is 10.5. The van der Waals surface area contributed by atoms with Crippen LogP contribution in [-0.4, -0.2) is 55.1 Å². The fraction of sp³-hybridized carbons (Fsp3) is 0.382. The minimum absolute atomic E-state index is 0.0187. The van der Waals surface area contributed by atoms with E-state index in [-0.39, 0.29) is 40.2 Å². The predicted octanol–water partition coefficient (Wildman–Crippen LogP) is 7.96. The van der Waals surface area contributed by atoms with Crippen molar-refractivity contribution in [3.63, 3.8) is 0 Å². The number of sulfonamides is 1. The SMILES string of the molecule is CC(C)(C)OC(=O)N(c1ccc2c(ccn2CC(=O)O[C@@H](Cc2c(Cl)cncc2Cl)c2ccc(OC(F)F)c(OCC3CC3)c2)c1)S(C)(=O)=O. The Morgan fingerprint density at radius 1 is 1.04 bits per heavy atom. The standard InChI is InChI=1S/C34H35Cl2F2N3O8S/c1-34(2,3)49-33(43)41(50(4,44)45)23-8-9-27-21(13-23)11-12-40(27)18-31(42)47-29(15-24-25(35)16-39-17-26(24)36)22-7-10-28(48-32(37)38)30(14-22)46-19-20-5-6-20/h7-14,16-17,20,29,32H,5-6,15,18-19H2,1-4H3/t29-/m0/s1. The van der Waals surface area contributed by atoms with E-state index in [4.69, 9.17) is 37.4 Å². The van der Waals surface area contributed by atoms with Crippen LogP contribution in [0, 0.1) is 5.92 Å². The van der Waals surface area contributed by atoms with Crippen molar-refractivity contribution in [2.24, 2.45) is 5.92 Å². The van der Waals surface area contributed by atoms with Gasteiger partial charge in [0.05, 0.1) is 28.6 Å². The number of carbonyl (C=O) groups is 2. The molecule has 4 aromatic rings. The topological polar surface area (TPSA) is 126 Å². The number of amides is 1. The third-order valence-electron chi connectivity index (χ3n) is 7.52. The maximum atomic E-state index is 13.5. The molecule has 2 aromatic heterocycles. The van der Waals surface area contributed by atoms with Gasteiger partial charge in [-0.05, 0) is 87.1 Å². The van der Waals surface area contributed by atoms with Crippen LogP contribution in [-0.2, 0) is 37.3 Å². The highest BCUT2D eigenvalue weighted by Crippen LogP contribution is 2.38. The number of fused-ring (bicyclic) bond motifs is 1. The largest absolute Gasteiger partial charge is 0.489 e. The van der Waals surface area contributed by atoms with Crippen molar-refractivity contribution in [1.29, 1.82) is 0 Å². The number of alkyl halides is 2. The monoisotopic (exact) mass is 753 g/mol. The van der Waals surface area contributed by atoms with Gasteiger partial charge in [-0.1, -0.05) is 29.3 Å². The van der Waals surface area contributed by atoms with Gasteiger partial charge in [-0.25, -0.2) is 13.2 Å². The van der Waals surface area contributed by atoms with Crippen LogP contribution in [0.15, 0.2) is 61.1 Å². The van der Waals surface area contributed by atoms with E-state index in [1.165, 1.54) is 42.7 Å². The van der Waals surface area contributed by atoms with Crippen LogP contribution in [0.4, 0.5) is 19.3 Å². The van der Waals surface area contributed by atoms with Gasteiger partial charge in [-0.3, -0.25) is 9.78 Å². The second-order valence-electron chi connectivity index (χ2n) is 12.8. The van der Waals surface area contributed by atoms with E-state index in [0.29, 0.717) is 38.9 Å². The summed E-state index contributed by atoms with van der Waals surface area (Å²) in [5.41, 5.74) is 0.532. The van der Waals surface area contributed by atoms with Crippen LogP contribution in [0.1, 0.15) is 50.8 Å². The van der Waals surface area contributed by atoms with Crippen LogP contribution in [0.2, 0.25) is 10.0 Å². The van der Waals surface area contributed by atoms with Crippen LogP contribution in [0.25, 0.3) is 10.9 Å². The van der Waals surface area contributed by atoms with Crippen LogP contribution in [0.3, 0.4) is 0 Å². The summed E-state index contributed by atoms with van der Waals surface area (Å²) in [5.74, 6) is -0.434. The van der Waals surface area contributed by atoms with E-state index in [1.807, 2.05) is 0 Å². The zero-order chi connectivity index (χ0) is 36.4. The molecule has 0 N–H and O–H groups in total. The molecule has 268 valence electrons. The molecule has 2 aromatic carbocycles. The molecule has 1 saturated carbocycles. The van der Waals surface area contributed by atoms with E-state index in [9.17, 15) is 26.8 Å². The van der Waals surface area contributed by atoms with E-state index in [0.717, 1.165) is 19.1 Å². The lowest BCUT2D eigenvalue weighted by Gasteiger charge is -2.26. The molecule has 0 aliphatic heterocycles. The van der Waals surface area contributed by atoms with E-state index in [1.54, 1.807) is 43.7 Å². The minimum Gasteiger partial charge on any atom is -0.489 e. The lowest BCUT2D eigenvalue weighted by molar-refractivity contribution is -0.150. The average Bonchev–Trinajstić information content (AvgIpc) is 3.75. The maximum Gasteiger partial charge on any atom is 0.428 e. The lowest BCUT2D eigenvalue weighted by atomic mass is 10.0. The molecule has 1 amide bonds. The van der Waals surface area contributed by atoms with Gasteiger partial charge in [0, 0.05) is 35.9 Å². The molecular formula is C34H35Cl2F2N3O8S. The molecule has 0 unspecified atom stereocenters. The zero-order valence-corrected chi connectivity index (χ0v) is 29.9.